The zero-order valence-corrected chi connectivity index (χ0v) is 19.9. The van der Waals surface area contributed by atoms with Crippen LogP contribution in [-0.4, -0.2) is 87.8 Å². The van der Waals surface area contributed by atoms with Crippen molar-refractivity contribution in [1.82, 2.24) is 9.21 Å². The molecule has 0 aliphatic carbocycles. The monoisotopic (exact) mass is 486 g/mol. The fourth-order valence-corrected chi connectivity index (χ4v) is 8.09. The van der Waals surface area contributed by atoms with Crippen LogP contribution in [0.15, 0.2) is 23.1 Å². The first-order valence-electron chi connectivity index (χ1n) is 11.0. The molecule has 0 amide bonds. The van der Waals surface area contributed by atoms with Gasteiger partial charge in [-0.15, -0.1) is 0 Å². The van der Waals surface area contributed by atoms with Crippen molar-refractivity contribution in [3.05, 3.63) is 28.3 Å². The summed E-state index contributed by atoms with van der Waals surface area (Å²) in [6, 6.07) is 4.19. The third kappa shape index (κ3) is 4.78. The molecule has 0 spiro atoms. The van der Waals surface area contributed by atoms with Crippen LogP contribution in [0.3, 0.4) is 0 Å². The van der Waals surface area contributed by atoms with Crippen molar-refractivity contribution in [3.8, 4) is 0 Å². The minimum Gasteiger partial charge on any atom is -0.363 e. The van der Waals surface area contributed by atoms with Crippen molar-refractivity contribution in [2.24, 2.45) is 5.92 Å². The quantitative estimate of drug-likeness (QED) is 0.451. The van der Waals surface area contributed by atoms with Gasteiger partial charge in [0.05, 0.1) is 21.3 Å². The van der Waals surface area contributed by atoms with Crippen molar-refractivity contribution >= 4 is 31.2 Å². The lowest BCUT2D eigenvalue weighted by Gasteiger charge is -2.38. The first-order valence-corrected chi connectivity index (χ1v) is 14.3. The number of piperazine rings is 1. The van der Waals surface area contributed by atoms with Crippen LogP contribution < -0.4 is 4.90 Å². The van der Waals surface area contributed by atoms with Gasteiger partial charge in [-0.1, -0.05) is 6.92 Å². The topological polar surface area (TPSA) is 121 Å². The summed E-state index contributed by atoms with van der Waals surface area (Å²) in [4.78, 5) is 15.3. The molecule has 1 aromatic rings. The summed E-state index contributed by atoms with van der Waals surface area (Å²) in [5.74, 6) is 0.866. The Bertz CT molecular complexity index is 1080. The predicted octanol–water partition coefficient (Wildman–Crippen LogP) is 1.32. The summed E-state index contributed by atoms with van der Waals surface area (Å²) >= 11 is 0. The molecule has 1 atom stereocenters. The van der Waals surface area contributed by atoms with Gasteiger partial charge in [-0.05, 0) is 37.3 Å². The van der Waals surface area contributed by atoms with Crippen LogP contribution >= 0.6 is 0 Å². The van der Waals surface area contributed by atoms with E-state index < -0.39 is 24.8 Å². The van der Waals surface area contributed by atoms with Crippen molar-refractivity contribution in [2.45, 2.75) is 37.1 Å². The van der Waals surface area contributed by atoms with Gasteiger partial charge in [0.15, 0.2) is 9.84 Å². The number of rotatable bonds is 5. The summed E-state index contributed by atoms with van der Waals surface area (Å²) in [6.07, 6.45) is 2.20. The highest BCUT2D eigenvalue weighted by Gasteiger charge is 2.35. The van der Waals surface area contributed by atoms with Gasteiger partial charge in [0, 0.05) is 51.4 Å². The van der Waals surface area contributed by atoms with Crippen LogP contribution in [0.4, 0.5) is 11.4 Å². The molecule has 1 unspecified atom stereocenters. The molecule has 12 heteroatoms. The van der Waals surface area contributed by atoms with Gasteiger partial charge in [-0.3, -0.25) is 15.0 Å². The Morgan fingerprint density at radius 3 is 2.25 bits per heavy atom. The first kappa shape index (κ1) is 23.4. The second kappa shape index (κ2) is 8.88. The summed E-state index contributed by atoms with van der Waals surface area (Å²) in [7, 11) is -6.74. The van der Waals surface area contributed by atoms with Crippen molar-refractivity contribution in [1.29, 1.82) is 0 Å². The van der Waals surface area contributed by atoms with E-state index in [-0.39, 0.29) is 28.1 Å². The molecule has 0 aromatic heterocycles. The largest absolute Gasteiger partial charge is 0.363 e. The molecule has 3 aliphatic heterocycles. The smallest absolute Gasteiger partial charge is 0.293 e. The summed E-state index contributed by atoms with van der Waals surface area (Å²) in [5, 5.41) is 11.8. The zero-order chi connectivity index (χ0) is 23.1. The van der Waals surface area contributed by atoms with Gasteiger partial charge >= 0.3 is 0 Å². The number of sulfonamides is 1. The molecule has 10 nitrogen and oxygen atoms in total. The van der Waals surface area contributed by atoms with Crippen LogP contribution in [0, 0.1) is 16.0 Å². The molecule has 3 fully saturated rings. The number of piperidine rings is 1. The van der Waals surface area contributed by atoms with Gasteiger partial charge in [-0.25, -0.2) is 16.8 Å². The van der Waals surface area contributed by atoms with Gasteiger partial charge in [0.25, 0.3) is 5.69 Å². The lowest BCUT2D eigenvalue weighted by atomic mass is 10.0. The number of nitrogens with zero attached hydrogens (tertiary/aromatic N) is 4. The highest BCUT2D eigenvalue weighted by atomic mass is 32.2. The van der Waals surface area contributed by atoms with Crippen molar-refractivity contribution in [2.75, 3.05) is 55.7 Å². The molecule has 178 valence electrons. The highest BCUT2D eigenvalue weighted by molar-refractivity contribution is 7.91. The van der Waals surface area contributed by atoms with E-state index in [1.807, 2.05) is 4.90 Å². The Morgan fingerprint density at radius 2 is 1.69 bits per heavy atom. The molecule has 32 heavy (non-hydrogen) atoms. The maximum atomic E-state index is 13.0. The van der Waals surface area contributed by atoms with Crippen molar-refractivity contribution in [3.63, 3.8) is 0 Å². The van der Waals surface area contributed by atoms with E-state index in [0.29, 0.717) is 57.3 Å². The fraction of sp³-hybridized carbons (Fsp3) is 0.700. The van der Waals surface area contributed by atoms with E-state index in [9.17, 15) is 26.9 Å². The normalized spacial score (nSPS) is 25.8. The number of hydrogen-bond acceptors (Lipinski definition) is 8. The van der Waals surface area contributed by atoms with Crippen LogP contribution in [0.5, 0.6) is 0 Å². The molecule has 0 radical (unpaired) electrons. The van der Waals surface area contributed by atoms with E-state index in [1.54, 1.807) is 0 Å². The van der Waals surface area contributed by atoms with E-state index in [4.69, 9.17) is 0 Å². The molecule has 3 aliphatic rings. The van der Waals surface area contributed by atoms with Crippen LogP contribution in [0.1, 0.15) is 26.2 Å². The number of hydrogen-bond donors (Lipinski definition) is 0. The third-order valence-electron chi connectivity index (χ3n) is 6.90. The Hall–Kier alpha value is -1.76. The molecular formula is C20H30N4O6S2. The standard InChI is InChI=1S/C20H30N4O6S2/c1-16-4-7-23(8-5-16)32(29,30)18-2-3-19(20(14-18)24(25)26)22-11-9-21(10-12-22)17-6-13-31(27,28)15-17/h2-3,14,16-17H,4-13,15H2,1H3. The first-order chi connectivity index (χ1) is 15.1. The Morgan fingerprint density at radius 1 is 1.03 bits per heavy atom. The molecule has 0 saturated carbocycles. The average Bonchev–Trinajstić information content (AvgIpc) is 3.13. The minimum atomic E-state index is -3.77. The van der Waals surface area contributed by atoms with Gasteiger partial charge in [0.1, 0.15) is 5.69 Å². The fourth-order valence-electron chi connectivity index (χ4n) is 4.84. The van der Waals surface area contributed by atoms with Gasteiger partial charge < -0.3 is 4.90 Å². The number of nitro benzene ring substituents is 1. The lowest BCUT2D eigenvalue weighted by molar-refractivity contribution is -0.384. The molecule has 3 saturated heterocycles. The van der Waals surface area contributed by atoms with Crippen LogP contribution in [-0.2, 0) is 19.9 Å². The van der Waals surface area contributed by atoms with E-state index >= 15 is 0 Å². The molecule has 0 N–H and O–H groups in total. The maximum absolute atomic E-state index is 13.0. The van der Waals surface area contributed by atoms with E-state index in [2.05, 4.69) is 11.8 Å². The summed E-state index contributed by atoms with van der Waals surface area (Å²) in [5.41, 5.74) is 0.188. The van der Waals surface area contributed by atoms with Gasteiger partial charge in [-0.2, -0.15) is 4.31 Å². The molecule has 0 bridgehead atoms. The molecule has 3 heterocycles. The Kier molecular flexibility index (Phi) is 6.49. The summed E-state index contributed by atoms with van der Waals surface area (Å²) < 4.78 is 51.0. The SMILES string of the molecule is CC1CCN(S(=O)(=O)c2ccc(N3CCN(C4CCS(=O)(=O)C4)CC3)c([N+](=O)[O-])c2)CC1. The second-order valence-electron chi connectivity index (χ2n) is 9.07. The number of sulfone groups is 1. The van der Waals surface area contributed by atoms with E-state index in [1.165, 1.54) is 22.5 Å². The predicted molar refractivity (Wildman–Crippen MR) is 121 cm³/mol. The van der Waals surface area contributed by atoms with Gasteiger partial charge in [0.2, 0.25) is 10.0 Å². The maximum Gasteiger partial charge on any atom is 0.293 e. The van der Waals surface area contributed by atoms with E-state index in [0.717, 1.165) is 12.8 Å². The number of benzene rings is 1. The number of anilines is 1. The minimum absolute atomic E-state index is 0.0110. The van der Waals surface area contributed by atoms with Crippen LogP contribution in [0.2, 0.25) is 0 Å². The second-order valence-corrected chi connectivity index (χ2v) is 13.2. The highest BCUT2D eigenvalue weighted by Crippen LogP contribution is 2.34. The van der Waals surface area contributed by atoms with Crippen LogP contribution in [0.25, 0.3) is 0 Å². The average molecular weight is 487 g/mol. The zero-order valence-electron chi connectivity index (χ0n) is 18.2. The summed E-state index contributed by atoms with van der Waals surface area (Å²) in [6.45, 7) is 5.22. The van der Waals surface area contributed by atoms with Crippen molar-refractivity contribution < 1.29 is 21.8 Å². The molecule has 1 aromatic carbocycles. The Labute approximate surface area is 189 Å². The third-order valence-corrected chi connectivity index (χ3v) is 10.5. The lowest BCUT2D eigenvalue weighted by Crippen LogP contribution is -2.50. The number of nitro groups is 1. The molecule has 4 rings (SSSR count). The Balaban J connectivity index is 1.50. The molecular weight excluding hydrogens is 456 g/mol.